The minimum absolute atomic E-state index is 0.540. The minimum atomic E-state index is -0.540. The predicted molar refractivity (Wildman–Crippen MR) is 73.2 cm³/mol. The van der Waals surface area contributed by atoms with E-state index in [9.17, 15) is 5.11 Å². The molecule has 1 heterocycles. The number of rotatable bonds is 6. The average Bonchev–Trinajstić information content (AvgIpc) is 2.24. The molecule has 0 aromatic carbocycles. The summed E-state index contributed by atoms with van der Waals surface area (Å²) in [5.74, 6) is 0.834. The Kier molecular flexibility index (Phi) is 5.90. The molecule has 1 rings (SSSR count). The fraction of sp³-hybridized carbons (Fsp3) is 1.00. The molecule has 0 amide bonds. The lowest BCUT2D eigenvalue weighted by Gasteiger charge is -2.34. The Morgan fingerprint density at radius 1 is 1.29 bits per heavy atom. The van der Waals surface area contributed by atoms with Gasteiger partial charge in [0.15, 0.2) is 0 Å². The van der Waals surface area contributed by atoms with E-state index in [1.165, 1.54) is 32.5 Å². The fourth-order valence-corrected chi connectivity index (χ4v) is 2.37. The van der Waals surface area contributed by atoms with Crippen molar-refractivity contribution in [2.75, 3.05) is 26.2 Å². The fourth-order valence-electron chi connectivity index (χ4n) is 2.37. The molecule has 17 heavy (non-hydrogen) atoms. The van der Waals surface area contributed by atoms with Gasteiger partial charge in [-0.25, -0.2) is 0 Å². The summed E-state index contributed by atoms with van der Waals surface area (Å²) in [5.41, 5.74) is -0.540. The first-order valence-electron chi connectivity index (χ1n) is 7.05. The predicted octanol–water partition coefficient (Wildman–Crippen LogP) is 1.86. The molecular weight excluding hydrogens is 212 g/mol. The summed E-state index contributed by atoms with van der Waals surface area (Å²) in [6, 6.07) is 0.576. The zero-order valence-electron chi connectivity index (χ0n) is 12.0. The van der Waals surface area contributed by atoms with Gasteiger partial charge in [-0.05, 0) is 66.0 Å². The Labute approximate surface area is 107 Å². The van der Waals surface area contributed by atoms with E-state index in [1.807, 2.05) is 13.8 Å². The van der Waals surface area contributed by atoms with Gasteiger partial charge < -0.3 is 15.3 Å². The molecule has 0 radical (unpaired) electrons. The summed E-state index contributed by atoms with van der Waals surface area (Å²) >= 11 is 0. The van der Waals surface area contributed by atoms with Crippen molar-refractivity contribution >= 4 is 0 Å². The lowest BCUT2D eigenvalue weighted by molar-refractivity contribution is 0.0488. The van der Waals surface area contributed by atoms with Gasteiger partial charge in [-0.1, -0.05) is 0 Å². The molecule has 0 atom stereocenters. The molecule has 0 aliphatic carbocycles. The van der Waals surface area contributed by atoms with Crippen LogP contribution in [0, 0.1) is 5.92 Å². The first-order valence-corrected chi connectivity index (χ1v) is 7.05. The maximum Gasteiger partial charge on any atom is 0.0603 e. The lowest BCUT2D eigenvalue weighted by atomic mass is 9.96. The van der Waals surface area contributed by atoms with Gasteiger partial charge in [-0.2, -0.15) is 0 Å². The summed E-state index contributed by atoms with van der Waals surface area (Å²) in [7, 11) is 0. The van der Waals surface area contributed by atoms with Crippen molar-refractivity contribution in [3.63, 3.8) is 0 Å². The normalized spacial score (nSPS) is 19.2. The van der Waals surface area contributed by atoms with Crippen LogP contribution in [0.3, 0.4) is 0 Å². The zero-order valence-corrected chi connectivity index (χ0v) is 12.0. The molecule has 1 aliphatic heterocycles. The molecule has 0 aromatic rings. The Bertz CT molecular complexity index is 205. The second kappa shape index (κ2) is 6.72. The summed E-state index contributed by atoms with van der Waals surface area (Å²) in [4.78, 5) is 2.52. The second-order valence-electron chi connectivity index (χ2n) is 6.34. The van der Waals surface area contributed by atoms with E-state index >= 15 is 0 Å². The zero-order chi connectivity index (χ0) is 12.9. The van der Waals surface area contributed by atoms with E-state index in [0.29, 0.717) is 6.04 Å². The monoisotopic (exact) mass is 242 g/mol. The number of nitrogens with one attached hydrogen (secondary N) is 1. The quantitative estimate of drug-likeness (QED) is 0.746. The van der Waals surface area contributed by atoms with Crippen molar-refractivity contribution in [1.29, 1.82) is 0 Å². The van der Waals surface area contributed by atoms with Crippen molar-refractivity contribution in [3.8, 4) is 0 Å². The molecular formula is C14H30N2O. The van der Waals surface area contributed by atoms with E-state index in [-0.39, 0.29) is 0 Å². The molecule has 1 aliphatic rings. The topological polar surface area (TPSA) is 35.5 Å². The van der Waals surface area contributed by atoms with E-state index < -0.39 is 5.60 Å². The maximum atomic E-state index is 9.82. The SMILES string of the molecule is CC(C)N(CCC(C)(C)O)CC1CCNCC1. The Morgan fingerprint density at radius 2 is 1.88 bits per heavy atom. The smallest absolute Gasteiger partial charge is 0.0603 e. The third kappa shape index (κ3) is 6.39. The van der Waals surface area contributed by atoms with E-state index in [2.05, 4.69) is 24.1 Å². The molecule has 102 valence electrons. The van der Waals surface area contributed by atoms with Crippen molar-refractivity contribution in [3.05, 3.63) is 0 Å². The van der Waals surface area contributed by atoms with Crippen LogP contribution in [0.1, 0.15) is 47.0 Å². The second-order valence-corrected chi connectivity index (χ2v) is 6.34. The molecule has 0 saturated carbocycles. The number of hydrogen-bond donors (Lipinski definition) is 2. The van der Waals surface area contributed by atoms with Crippen molar-refractivity contribution in [2.45, 2.75) is 58.6 Å². The lowest BCUT2D eigenvalue weighted by Crippen LogP contribution is -2.41. The van der Waals surface area contributed by atoms with E-state index in [0.717, 1.165) is 18.9 Å². The summed E-state index contributed by atoms with van der Waals surface area (Å²) < 4.78 is 0. The number of nitrogens with zero attached hydrogens (tertiary/aromatic N) is 1. The van der Waals surface area contributed by atoms with Crippen LogP contribution in [0.4, 0.5) is 0 Å². The maximum absolute atomic E-state index is 9.82. The summed E-state index contributed by atoms with van der Waals surface area (Å²) in [5, 5.41) is 13.2. The van der Waals surface area contributed by atoms with Crippen LogP contribution >= 0.6 is 0 Å². The molecule has 1 fully saturated rings. The number of piperidine rings is 1. The van der Waals surface area contributed by atoms with Crippen LogP contribution in [0.5, 0.6) is 0 Å². The number of aliphatic hydroxyl groups is 1. The van der Waals surface area contributed by atoms with Gasteiger partial charge in [-0.3, -0.25) is 0 Å². The van der Waals surface area contributed by atoms with Crippen molar-refractivity contribution in [1.82, 2.24) is 10.2 Å². The van der Waals surface area contributed by atoms with Gasteiger partial charge >= 0.3 is 0 Å². The first kappa shape index (κ1) is 14.9. The van der Waals surface area contributed by atoms with Gasteiger partial charge in [0.05, 0.1) is 5.60 Å². The van der Waals surface area contributed by atoms with Gasteiger partial charge in [0, 0.05) is 19.1 Å². The molecule has 0 aromatic heterocycles. The van der Waals surface area contributed by atoms with E-state index in [1.54, 1.807) is 0 Å². The van der Waals surface area contributed by atoms with Gasteiger partial charge in [0.1, 0.15) is 0 Å². The highest BCUT2D eigenvalue weighted by Gasteiger charge is 2.21. The Hall–Kier alpha value is -0.120. The van der Waals surface area contributed by atoms with Crippen LogP contribution in [0.2, 0.25) is 0 Å². The molecule has 3 nitrogen and oxygen atoms in total. The van der Waals surface area contributed by atoms with Gasteiger partial charge in [0.2, 0.25) is 0 Å². The highest BCUT2D eigenvalue weighted by Crippen LogP contribution is 2.17. The minimum Gasteiger partial charge on any atom is -0.390 e. The first-order chi connectivity index (χ1) is 7.88. The number of hydrogen-bond acceptors (Lipinski definition) is 3. The van der Waals surface area contributed by atoms with Gasteiger partial charge in [-0.15, -0.1) is 0 Å². The molecule has 0 unspecified atom stereocenters. The molecule has 0 bridgehead atoms. The Balaban J connectivity index is 2.37. The van der Waals surface area contributed by atoms with Crippen molar-refractivity contribution in [2.24, 2.45) is 5.92 Å². The largest absolute Gasteiger partial charge is 0.390 e. The van der Waals surface area contributed by atoms with E-state index in [4.69, 9.17) is 0 Å². The standard InChI is InChI=1S/C14H30N2O/c1-12(2)16(10-7-14(3,4)17)11-13-5-8-15-9-6-13/h12-13,15,17H,5-11H2,1-4H3. The van der Waals surface area contributed by atoms with Crippen LogP contribution < -0.4 is 5.32 Å². The summed E-state index contributed by atoms with van der Waals surface area (Å²) in [6.45, 7) is 12.8. The Morgan fingerprint density at radius 3 is 2.35 bits per heavy atom. The highest BCUT2D eigenvalue weighted by atomic mass is 16.3. The third-order valence-corrected chi connectivity index (χ3v) is 3.69. The van der Waals surface area contributed by atoms with Crippen LogP contribution in [-0.2, 0) is 0 Å². The molecule has 1 saturated heterocycles. The molecule has 0 spiro atoms. The molecule has 3 heteroatoms. The van der Waals surface area contributed by atoms with Crippen molar-refractivity contribution < 1.29 is 5.11 Å². The highest BCUT2D eigenvalue weighted by molar-refractivity contribution is 4.76. The van der Waals surface area contributed by atoms with Crippen LogP contribution in [0.15, 0.2) is 0 Å². The molecule has 2 N–H and O–H groups in total. The summed E-state index contributed by atoms with van der Waals surface area (Å²) in [6.07, 6.45) is 3.45. The van der Waals surface area contributed by atoms with Crippen LogP contribution in [-0.4, -0.2) is 47.8 Å². The third-order valence-electron chi connectivity index (χ3n) is 3.69. The van der Waals surface area contributed by atoms with Crippen LogP contribution in [0.25, 0.3) is 0 Å². The average molecular weight is 242 g/mol. The van der Waals surface area contributed by atoms with Gasteiger partial charge in [0.25, 0.3) is 0 Å².